The number of urea groups is 1. The summed E-state index contributed by atoms with van der Waals surface area (Å²) in [4.78, 5) is 26.3. The maximum Gasteiger partial charge on any atom is 0.324 e. The molecule has 2 amide bonds. The molecule has 5 nitrogen and oxygen atoms in total. The average Bonchev–Trinajstić information content (AvgIpc) is 2.89. The van der Waals surface area contributed by atoms with E-state index in [1.54, 1.807) is 19.1 Å². The lowest BCUT2D eigenvalue weighted by molar-refractivity contribution is -0.141. The SMILES string of the molecule is CCN(C(=O)N1CCC(C(=O)O)C1)c1cccc(F)c1. The Morgan fingerprint density at radius 2 is 2.25 bits per heavy atom. The highest BCUT2D eigenvalue weighted by Gasteiger charge is 2.33. The minimum absolute atomic E-state index is 0.208. The maximum atomic E-state index is 13.2. The zero-order chi connectivity index (χ0) is 14.7. The lowest BCUT2D eigenvalue weighted by atomic mass is 10.1. The van der Waals surface area contributed by atoms with Gasteiger partial charge in [0.2, 0.25) is 0 Å². The van der Waals surface area contributed by atoms with Crippen molar-refractivity contribution in [2.45, 2.75) is 13.3 Å². The molecule has 1 unspecified atom stereocenters. The van der Waals surface area contributed by atoms with Crippen LogP contribution in [-0.4, -0.2) is 41.6 Å². The number of likely N-dealkylation sites (tertiary alicyclic amines) is 1. The van der Waals surface area contributed by atoms with Crippen LogP contribution >= 0.6 is 0 Å². The fraction of sp³-hybridized carbons (Fsp3) is 0.429. The Hall–Kier alpha value is -2.11. The summed E-state index contributed by atoms with van der Waals surface area (Å²) in [6.45, 7) is 2.83. The van der Waals surface area contributed by atoms with E-state index in [2.05, 4.69) is 0 Å². The number of carbonyl (C=O) groups is 2. The van der Waals surface area contributed by atoms with Crippen molar-refractivity contribution >= 4 is 17.7 Å². The van der Waals surface area contributed by atoms with Gasteiger partial charge in [0.1, 0.15) is 5.82 Å². The molecule has 1 fully saturated rings. The molecule has 1 N–H and O–H groups in total. The van der Waals surface area contributed by atoms with Crippen LogP contribution in [0.5, 0.6) is 0 Å². The lowest BCUT2D eigenvalue weighted by Crippen LogP contribution is -2.42. The number of rotatable bonds is 3. The van der Waals surface area contributed by atoms with Gasteiger partial charge in [0.05, 0.1) is 5.92 Å². The van der Waals surface area contributed by atoms with Gasteiger partial charge < -0.3 is 10.0 Å². The van der Waals surface area contributed by atoms with Crippen molar-refractivity contribution in [1.29, 1.82) is 0 Å². The summed E-state index contributed by atoms with van der Waals surface area (Å²) in [5, 5.41) is 8.96. The third-order valence-corrected chi connectivity index (χ3v) is 3.48. The molecular formula is C14H17FN2O3. The number of hydrogen-bond acceptors (Lipinski definition) is 2. The van der Waals surface area contributed by atoms with Gasteiger partial charge in [-0.2, -0.15) is 0 Å². The molecule has 1 aliphatic heterocycles. The highest BCUT2D eigenvalue weighted by Crippen LogP contribution is 2.22. The van der Waals surface area contributed by atoms with Gasteiger partial charge in [-0.05, 0) is 31.5 Å². The van der Waals surface area contributed by atoms with E-state index in [0.29, 0.717) is 25.2 Å². The van der Waals surface area contributed by atoms with Crippen molar-refractivity contribution in [3.8, 4) is 0 Å². The average molecular weight is 280 g/mol. The van der Waals surface area contributed by atoms with E-state index in [1.165, 1.54) is 21.9 Å². The van der Waals surface area contributed by atoms with Crippen molar-refractivity contribution in [2.75, 3.05) is 24.5 Å². The molecule has 1 aromatic carbocycles. The van der Waals surface area contributed by atoms with E-state index in [0.717, 1.165) is 0 Å². The Bertz CT molecular complexity index is 521. The Morgan fingerprint density at radius 1 is 1.50 bits per heavy atom. The van der Waals surface area contributed by atoms with Crippen LogP contribution in [0.4, 0.5) is 14.9 Å². The zero-order valence-corrected chi connectivity index (χ0v) is 11.3. The molecular weight excluding hydrogens is 263 g/mol. The lowest BCUT2D eigenvalue weighted by Gasteiger charge is -2.27. The molecule has 0 aromatic heterocycles. The Morgan fingerprint density at radius 3 is 2.80 bits per heavy atom. The molecule has 1 aromatic rings. The first-order valence-corrected chi connectivity index (χ1v) is 6.57. The maximum absolute atomic E-state index is 13.2. The number of carboxylic acids is 1. The van der Waals surface area contributed by atoms with Gasteiger partial charge >= 0.3 is 12.0 Å². The van der Waals surface area contributed by atoms with Gasteiger partial charge in [-0.15, -0.1) is 0 Å². The quantitative estimate of drug-likeness (QED) is 0.923. The minimum Gasteiger partial charge on any atom is -0.481 e. The molecule has 0 spiro atoms. The predicted octanol–water partition coefficient (Wildman–Crippen LogP) is 2.18. The van der Waals surface area contributed by atoms with Gasteiger partial charge in [0, 0.05) is 25.3 Å². The van der Waals surface area contributed by atoms with Crippen LogP contribution in [0.1, 0.15) is 13.3 Å². The van der Waals surface area contributed by atoms with Crippen LogP contribution in [0.15, 0.2) is 24.3 Å². The predicted molar refractivity (Wildman–Crippen MR) is 72.1 cm³/mol. The van der Waals surface area contributed by atoms with E-state index in [1.807, 2.05) is 0 Å². The standard InChI is InChI=1S/C14H17FN2O3/c1-2-17(12-5-3-4-11(15)8-12)14(20)16-7-6-10(9-16)13(18)19/h3-5,8,10H,2,6-7,9H2,1H3,(H,18,19). The van der Waals surface area contributed by atoms with E-state index in [9.17, 15) is 14.0 Å². The summed E-state index contributed by atoms with van der Waals surface area (Å²) in [7, 11) is 0. The third kappa shape index (κ3) is 2.89. The van der Waals surface area contributed by atoms with Gasteiger partial charge in [0.25, 0.3) is 0 Å². The van der Waals surface area contributed by atoms with Crippen LogP contribution in [-0.2, 0) is 4.79 Å². The molecule has 0 aliphatic carbocycles. The summed E-state index contributed by atoms with van der Waals surface area (Å²) < 4.78 is 13.2. The van der Waals surface area contributed by atoms with Crippen molar-refractivity contribution in [3.05, 3.63) is 30.1 Å². The number of carboxylic acid groups (broad SMARTS) is 1. The molecule has 1 heterocycles. The van der Waals surface area contributed by atoms with Crippen molar-refractivity contribution in [3.63, 3.8) is 0 Å². The molecule has 6 heteroatoms. The van der Waals surface area contributed by atoms with Crippen LogP contribution in [0.3, 0.4) is 0 Å². The van der Waals surface area contributed by atoms with Crippen molar-refractivity contribution in [2.24, 2.45) is 5.92 Å². The number of benzene rings is 1. The number of hydrogen-bond donors (Lipinski definition) is 1. The highest BCUT2D eigenvalue weighted by atomic mass is 19.1. The number of anilines is 1. The molecule has 0 saturated carbocycles. The molecule has 0 radical (unpaired) electrons. The number of amides is 2. The molecule has 20 heavy (non-hydrogen) atoms. The largest absolute Gasteiger partial charge is 0.481 e. The number of nitrogens with zero attached hydrogens (tertiary/aromatic N) is 2. The second kappa shape index (κ2) is 5.90. The highest BCUT2D eigenvalue weighted by molar-refractivity contribution is 5.92. The summed E-state index contributed by atoms with van der Waals surface area (Å²) in [5.41, 5.74) is 0.483. The summed E-state index contributed by atoms with van der Waals surface area (Å²) in [5.74, 6) is -1.79. The van der Waals surface area contributed by atoms with E-state index in [-0.39, 0.29) is 12.6 Å². The van der Waals surface area contributed by atoms with E-state index < -0.39 is 17.7 Å². The number of carbonyl (C=O) groups excluding carboxylic acids is 1. The van der Waals surface area contributed by atoms with Gasteiger partial charge in [0.15, 0.2) is 0 Å². The van der Waals surface area contributed by atoms with Crippen molar-refractivity contribution < 1.29 is 19.1 Å². The normalized spacial score (nSPS) is 18.1. The molecule has 0 bridgehead atoms. The molecule has 2 rings (SSSR count). The summed E-state index contributed by atoms with van der Waals surface area (Å²) in [6, 6.07) is 5.55. The van der Waals surface area contributed by atoms with E-state index in [4.69, 9.17) is 5.11 Å². The van der Waals surface area contributed by atoms with Gasteiger partial charge in [-0.25, -0.2) is 9.18 Å². The smallest absolute Gasteiger partial charge is 0.324 e. The first-order chi connectivity index (χ1) is 9.52. The van der Waals surface area contributed by atoms with Crippen LogP contribution in [0.25, 0.3) is 0 Å². The van der Waals surface area contributed by atoms with Crippen molar-refractivity contribution in [1.82, 2.24) is 4.90 Å². The summed E-state index contributed by atoms with van der Waals surface area (Å²) >= 11 is 0. The molecule has 1 saturated heterocycles. The van der Waals surface area contributed by atoms with E-state index >= 15 is 0 Å². The topological polar surface area (TPSA) is 60.9 Å². The van der Waals surface area contributed by atoms with Gasteiger partial charge in [-0.3, -0.25) is 9.69 Å². The minimum atomic E-state index is -0.880. The molecule has 1 atom stereocenters. The zero-order valence-electron chi connectivity index (χ0n) is 11.3. The number of aliphatic carboxylic acids is 1. The second-order valence-corrected chi connectivity index (χ2v) is 4.78. The monoisotopic (exact) mass is 280 g/mol. The first-order valence-electron chi connectivity index (χ1n) is 6.57. The Kier molecular flexibility index (Phi) is 4.22. The second-order valence-electron chi connectivity index (χ2n) is 4.78. The fourth-order valence-electron chi connectivity index (χ4n) is 2.38. The summed E-state index contributed by atoms with van der Waals surface area (Å²) in [6.07, 6.45) is 0.460. The molecule has 1 aliphatic rings. The third-order valence-electron chi connectivity index (χ3n) is 3.48. The Labute approximate surface area is 116 Å². The van der Waals surface area contributed by atoms with Crippen LogP contribution < -0.4 is 4.90 Å². The van der Waals surface area contributed by atoms with Crippen LogP contribution in [0.2, 0.25) is 0 Å². The fourth-order valence-corrected chi connectivity index (χ4v) is 2.38. The number of halogens is 1. The Balaban J connectivity index is 2.12. The first kappa shape index (κ1) is 14.3. The molecule has 108 valence electrons. The van der Waals surface area contributed by atoms with Crippen LogP contribution in [0, 0.1) is 11.7 Å². The van der Waals surface area contributed by atoms with Gasteiger partial charge in [-0.1, -0.05) is 6.07 Å².